The first kappa shape index (κ1) is 10.7. The molecule has 2 aromatic rings. The molecule has 0 aliphatic carbocycles. The van der Waals surface area contributed by atoms with Gasteiger partial charge in [-0.05, 0) is 28.6 Å². The maximum Gasteiger partial charge on any atom is 0.200 e. The van der Waals surface area contributed by atoms with Crippen LogP contribution in [0.15, 0.2) is 18.2 Å². The van der Waals surface area contributed by atoms with Gasteiger partial charge in [0.1, 0.15) is 11.4 Å². The molecule has 7 nitrogen and oxygen atoms in total. The van der Waals surface area contributed by atoms with Crippen molar-refractivity contribution in [3.8, 4) is 11.4 Å². The van der Waals surface area contributed by atoms with Crippen molar-refractivity contribution in [3.05, 3.63) is 24.0 Å². The van der Waals surface area contributed by atoms with E-state index in [0.717, 1.165) is 30.1 Å². The number of hydrogen-bond acceptors (Lipinski definition) is 6. The fourth-order valence-electron chi connectivity index (χ4n) is 2.70. The molecule has 98 valence electrons. The van der Waals surface area contributed by atoms with Gasteiger partial charge in [0.2, 0.25) is 5.82 Å². The minimum atomic E-state index is -0.481. The van der Waals surface area contributed by atoms with Crippen molar-refractivity contribution < 1.29 is 9.47 Å². The fourth-order valence-corrected chi connectivity index (χ4v) is 2.70. The molecule has 0 saturated carbocycles. The summed E-state index contributed by atoms with van der Waals surface area (Å²) in [5, 5.41) is 12.0. The molecule has 19 heavy (non-hydrogen) atoms. The molecule has 7 heteroatoms. The first-order valence-corrected chi connectivity index (χ1v) is 6.24. The summed E-state index contributed by atoms with van der Waals surface area (Å²) in [4.78, 5) is 0. The summed E-state index contributed by atoms with van der Waals surface area (Å²) in [6.07, 6.45) is 1.49. The third kappa shape index (κ3) is 1.45. The maximum absolute atomic E-state index is 6.20. The van der Waals surface area contributed by atoms with Crippen LogP contribution < -0.4 is 10.5 Å². The second kappa shape index (κ2) is 3.67. The Bertz CT molecular complexity index is 633. The minimum Gasteiger partial charge on any atom is -0.477 e. The third-order valence-corrected chi connectivity index (χ3v) is 3.69. The number of nitrogens with two attached hydrogens (primary N) is 1. The Hall–Kier alpha value is -2.15. The first-order valence-electron chi connectivity index (χ1n) is 6.24. The third-order valence-electron chi connectivity index (χ3n) is 3.69. The van der Waals surface area contributed by atoms with Gasteiger partial charge in [-0.1, -0.05) is 0 Å². The highest BCUT2D eigenvalue weighted by Gasteiger charge is 2.45. The van der Waals surface area contributed by atoms with E-state index in [1.54, 1.807) is 4.68 Å². The summed E-state index contributed by atoms with van der Waals surface area (Å²) in [6.45, 7) is 1.30. The molecular weight excluding hydrogens is 246 g/mol. The Labute approximate surface area is 109 Å². The second-order valence-corrected chi connectivity index (χ2v) is 4.85. The molecule has 2 aliphatic rings. The molecule has 3 heterocycles. The van der Waals surface area contributed by atoms with E-state index in [1.165, 1.54) is 0 Å². The van der Waals surface area contributed by atoms with Gasteiger partial charge in [-0.3, -0.25) is 0 Å². The van der Waals surface area contributed by atoms with Crippen LogP contribution in [-0.2, 0) is 10.3 Å². The minimum absolute atomic E-state index is 0.481. The van der Waals surface area contributed by atoms with Crippen molar-refractivity contribution in [3.63, 3.8) is 0 Å². The largest absolute Gasteiger partial charge is 0.477 e. The van der Waals surface area contributed by atoms with Crippen LogP contribution in [0.4, 0.5) is 5.69 Å². The molecule has 1 saturated heterocycles. The number of nitrogens with zero attached hydrogens (tertiary/aromatic N) is 4. The summed E-state index contributed by atoms with van der Waals surface area (Å²) in [5.74, 6) is 1.49. The molecule has 2 N–H and O–H groups in total. The smallest absolute Gasteiger partial charge is 0.200 e. The van der Waals surface area contributed by atoms with Crippen LogP contribution in [0.3, 0.4) is 0 Å². The molecule has 0 amide bonds. The SMILES string of the molecule is Nc1ccc2c(c1)-n1nnnc1C1(CCOCC1)O2. The Balaban J connectivity index is 1.91. The quantitative estimate of drug-likeness (QED) is 0.698. The Morgan fingerprint density at radius 3 is 2.95 bits per heavy atom. The van der Waals surface area contributed by atoms with Crippen LogP contribution >= 0.6 is 0 Å². The lowest BCUT2D eigenvalue weighted by Crippen LogP contribution is -2.44. The average molecular weight is 259 g/mol. The van der Waals surface area contributed by atoms with Crippen molar-refractivity contribution >= 4 is 5.69 Å². The topological polar surface area (TPSA) is 88.1 Å². The molecular formula is C12H13N5O2. The Morgan fingerprint density at radius 2 is 2.11 bits per heavy atom. The molecule has 4 rings (SSSR count). The number of benzene rings is 1. The van der Waals surface area contributed by atoms with E-state index >= 15 is 0 Å². The maximum atomic E-state index is 6.20. The highest BCUT2D eigenvalue weighted by atomic mass is 16.5. The molecule has 1 spiro atoms. The number of fused-ring (bicyclic) bond motifs is 4. The highest BCUT2D eigenvalue weighted by molar-refractivity contribution is 5.57. The van der Waals surface area contributed by atoms with Crippen molar-refractivity contribution in [1.82, 2.24) is 20.2 Å². The number of nitrogen functional groups attached to an aromatic ring is 1. The fraction of sp³-hybridized carbons (Fsp3) is 0.417. The van der Waals surface area contributed by atoms with Crippen LogP contribution in [0.5, 0.6) is 5.75 Å². The van der Waals surface area contributed by atoms with E-state index in [0.29, 0.717) is 18.9 Å². The van der Waals surface area contributed by atoms with Gasteiger partial charge in [0, 0.05) is 18.5 Å². The van der Waals surface area contributed by atoms with Gasteiger partial charge >= 0.3 is 0 Å². The van der Waals surface area contributed by atoms with Crippen LogP contribution in [0.25, 0.3) is 5.69 Å². The molecule has 0 unspecified atom stereocenters. The number of rotatable bonds is 0. The van der Waals surface area contributed by atoms with Gasteiger partial charge in [0.05, 0.1) is 13.2 Å². The van der Waals surface area contributed by atoms with Crippen molar-refractivity contribution in [1.29, 1.82) is 0 Å². The van der Waals surface area contributed by atoms with E-state index in [4.69, 9.17) is 15.2 Å². The van der Waals surface area contributed by atoms with Gasteiger partial charge in [0.15, 0.2) is 5.60 Å². The number of aromatic nitrogens is 4. The van der Waals surface area contributed by atoms with Crippen LogP contribution in [0.1, 0.15) is 18.7 Å². The zero-order chi connectivity index (χ0) is 12.9. The number of tetrazole rings is 1. The molecule has 1 fully saturated rings. The highest BCUT2D eigenvalue weighted by Crippen LogP contribution is 2.43. The van der Waals surface area contributed by atoms with Crippen molar-refractivity contribution in [2.24, 2.45) is 0 Å². The summed E-state index contributed by atoms with van der Waals surface area (Å²) in [5.41, 5.74) is 6.79. The van der Waals surface area contributed by atoms with Gasteiger partial charge in [-0.25, -0.2) is 0 Å². The van der Waals surface area contributed by atoms with Crippen LogP contribution in [-0.4, -0.2) is 33.4 Å². The summed E-state index contributed by atoms with van der Waals surface area (Å²) < 4.78 is 13.3. The van der Waals surface area contributed by atoms with Gasteiger partial charge < -0.3 is 15.2 Å². The van der Waals surface area contributed by atoms with Gasteiger partial charge in [-0.2, -0.15) is 4.68 Å². The molecule has 2 aliphatic heterocycles. The lowest BCUT2D eigenvalue weighted by Gasteiger charge is -2.39. The molecule has 0 radical (unpaired) electrons. The normalized spacial score (nSPS) is 19.6. The average Bonchev–Trinajstić information content (AvgIpc) is 2.92. The lowest BCUT2D eigenvalue weighted by molar-refractivity contribution is -0.0610. The van der Waals surface area contributed by atoms with Crippen molar-refractivity contribution in [2.45, 2.75) is 18.4 Å². The Morgan fingerprint density at radius 1 is 1.26 bits per heavy atom. The first-order chi connectivity index (χ1) is 9.28. The Kier molecular flexibility index (Phi) is 2.08. The van der Waals surface area contributed by atoms with E-state index < -0.39 is 5.60 Å². The number of ether oxygens (including phenoxy) is 2. The van der Waals surface area contributed by atoms with Gasteiger partial charge in [0.25, 0.3) is 0 Å². The van der Waals surface area contributed by atoms with Crippen molar-refractivity contribution in [2.75, 3.05) is 18.9 Å². The molecule has 0 atom stereocenters. The summed E-state index contributed by atoms with van der Waals surface area (Å²) in [6, 6.07) is 5.51. The lowest BCUT2D eigenvalue weighted by atomic mass is 9.91. The molecule has 1 aromatic heterocycles. The van der Waals surface area contributed by atoms with E-state index in [-0.39, 0.29) is 0 Å². The van der Waals surface area contributed by atoms with Crippen LogP contribution in [0.2, 0.25) is 0 Å². The zero-order valence-electron chi connectivity index (χ0n) is 10.2. The number of hydrogen-bond donors (Lipinski definition) is 1. The van der Waals surface area contributed by atoms with E-state index in [9.17, 15) is 0 Å². The standard InChI is InChI=1S/C12H13N5O2/c13-8-1-2-10-9(7-8)17-11(14-15-16-17)12(19-10)3-5-18-6-4-12/h1-2,7H,3-6,13H2. The monoisotopic (exact) mass is 259 g/mol. The molecule has 0 bridgehead atoms. The van der Waals surface area contributed by atoms with E-state index in [2.05, 4.69) is 15.5 Å². The summed E-state index contributed by atoms with van der Waals surface area (Å²) in [7, 11) is 0. The predicted molar refractivity (Wildman–Crippen MR) is 65.9 cm³/mol. The second-order valence-electron chi connectivity index (χ2n) is 4.85. The molecule has 1 aromatic carbocycles. The van der Waals surface area contributed by atoms with E-state index in [1.807, 2.05) is 18.2 Å². The predicted octanol–water partition coefficient (Wildman–Crippen LogP) is 0.643. The van der Waals surface area contributed by atoms with Crippen LogP contribution in [0, 0.1) is 0 Å². The summed E-state index contributed by atoms with van der Waals surface area (Å²) >= 11 is 0. The zero-order valence-corrected chi connectivity index (χ0v) is 10.2. The van der Waals surface area contributed by atoms with Gasteiger partial charge in [-0.15, -0.1) is 5.10 Å². The number of anilines is 1.